The predicted octanol–water partition coefficient (Wildman–Crippen LogP) is 4.52. The Morgan fingerprint density at radius 3 is 2.88 bits per heavy atom. The van der Waals surface area contributed by atoms with E-state index in [4.69, 9.17) is 4.98 Å². The van der Waals surface area contributed by atoms with Crippen molar-refractivity contribution in [3.8, 4) is 0 Å². The summed E-state index contributed by atoms with van der Waals surface area (Å²) in [6.07, 6.45) is 5.26. The van der Waals surface area contributed by atoms with Crippen molar-refractivity contribution in [2.45, 2.75) is 52.5 Å². The molecule has 0 bridgehead atoms. The molecule has 0 N–H and O–H groups in total. The topological polar surface area (TPSA) is 34.9 Å². The van der Waals surface area contributed by atoms with Gasteiger partial charge in [0.25, 0.3) is 5.56 Å². The molecule has 1 aliphatic carbocycles. The van der Waals surface area contributed by atoms with Crippen LogP contribution in [0.15, 0.2) is 35.1 Å². The van der Waals surface area contributed by atoms with E-state index >= 15 is 0 Å². The molecule has 3 aromatic rings. The molecule has 0 fully saturated rings. The fraction of sp³-hybridized carbons (Fsp3) is 0.429. The summed E-state index contributed by atoms with van der Waals surface area (Å²) >= 11 is 1.74. The second-order valence-corrected chi connectivity index (χ2v) is 8.32. The Morgan fingerprint density at radius 2 is 2.08 bits per heavy atom. The molecule has 2 heterocycles. The molecule has 1 atom stereocenters. The lowest BCUT2D eigenvalue weighted by Crippen LogP contribution is -2.24. The summed E-state index contributed by atoms with van der Waals surface area (Å²) in [6.45, 7) is 5.00. The van der Waals surface area contributed by atoms with Crippen molar-refractivity contribution in [1.29, 1.82) is 0 Å². The smallest absolute Gasteiger partial charge is 0.262 e. The van der Waals surface area contributed by atoms with E-state index in [2.05, 4.69) is 31.2 Å². The maximum Gasteiger partial charge on any atom is 0.262 e. The summed E-state index contributed by atoms with van der Waals surface area (Å²) in [5.41, 5.74) is 2.78. The van der Waals surface area contributed by atoms with Gasteiger partial charge in [0.15, 0.2) is 0 Å². The van der Waals surface area contributed by atoms with E-state index in [0.717, 1.165) is 54.2 Å². The van der Waals surface area contributed by atoms with Crippen LogP contribution in [0.4, 0.5) is 0 Å². The van der Waals surface area contributed by atoms with Crippen molar-refractivity contribution in [2.24, 2.45) is 5.92 Å². The molecular formula is C21H24N2OS. The van der Waals surface area contributed by atoms with Crippen molar-refractivity contribution in [1.82, 2.24) is 9.55 Å². The summed E-state index contributed by atoms with van der Waals surface area (Å²) in [5.74, 6) is 1.56. The molecule has 4 rings (SSSR count). The molecule has 130 valence electrons. The molecule has 1 unspecified atom stereocenters. The number of nitrogens with zero attached hydrogens (tertiary/aromatic N) is 2. The zero-order chi connectivity index (χ0) is 17.4. The Kier molecular flexibility index (Phi) is 4.46. The minimum Gasteiger partial charge on any atom is -0.296 e. The lowest BCUT2D eigenvalue weighted by Gasteiger charge is -2.17. The number of fused-ring (bicyclic) bond motifs is 3. The van der Waals surface area contributed by atoms with Gasteiger partial charge in [0.05, 0.1) is 5.39 Å². The van der Waals surface area contributed by atoms with E-state index in [0.29, 0.717) is 0 Å². The van der Waals surface area contributed by atoms with Crippen molar-refractivity contribution >= 4 is 21.6 Å². The molecule has 3 nitrogen and oxygen atoms in total. The first-order chi connectivity index (χ1) is 12.1. The number of hydrogen-bond donors (Lipinski definition) is 0. The Morgan fingerprint density at radius 1 is 1.28 bits per heavy atom. The third-order valence-corrected chi connectivity index (χ3v) is 6.44. The van der Waals surface area contributed by atoms with Crippen LogP contribution in [0.1, 0.15) is 41.6 Å². The van der Waals surface area contributed by atoms with Crippen LogP contribution < -0.4 is 5.56 Å². The number of thiophene rings is 1. The highest BCUT2D eigenvalue weighted by Gasteiger charge is 2.23. The second-order valence-electron chi connectivity index (χ2n) is 7.24. The molecule has 25 heavy (non-hydrogen) atoms. The Balaban J connectivity index is 1.64. The minimum absolute atomic E-state index is 0.169. The zero-order valence-corrected chi connectivity index (χ0v) is 15.7. The highest BCUT2D eigenvalue weighted by Crippen LogP contribution is 2.35. The highest BCUT2D eigenvalue weighted by molar-refractivity contribution is 7.18. The molecule has 4 heteroatoms. The number of rotatable bonds is 4. The van der Waals surface area contributed by atoms with Gasteiger partial charge < -0.3 is 0 Å². The Hall–Kier alpha value is -1.94. The van der Waals surface area contributed by atoms with E-state index in [1.807, 2.05) is 17.6 Å². The van der Waals surface area contributed by atoms with E-state index in [1.165, 1.54) is 22.4 Å². The largest absolute Gasteiger partial charge is 0.296 e. The molecular weight excluding hydrogens is 328 g/mol. The summed E-state index contributed by atoms with van der Waals surface area (Å²) in [5, 5.41) is 0.900. The first kappa shape index (κ1) is 16.5. The van der Waals surface area contributed by atoms with Crippen LogP contribution in [-0.4, -0.2) is 9.55 Å². The van der Waals surface area contributed by atoms with Gasteiger partial charge in [0, 0.05) is 11.4 Å². The molecule has 0 spiro atoms. The van der Waals surface area contributed by atoms with Gasteiger partial charge in [-0.1, -0.05) is 37.3 Å². The van der Waals surface area contributed by atoms with E-state index in [9.17, 15) is 4.79 Å². The average Bonchev–Trinajstić information content (AvgIpc) is 2.95. The minimum atomic E-state index is 0.169. The normalized spacial score (nSPS) is 17.0. The van der Waals surface area contributed by atoms with Gasteiger partial charge in [0.2, 0.25) is 0 Å². The van der Waals surface area contributed by atoms with E-state index in [-0.39, 0.29) is 5.56 Å². The SMILES string of the molecule is Cc1nc2sc3c(c2c(=O)n1CCCc1ccccc1)CCC(C)C3. The second kappa shape index (κ2) is 6.75. The lowest BCUT2D eigenvalue weighted by atomic mass is 9.89. The van der Waals surface area contributed by atoms with Gasteiger partial charge in [-0.05, 0) is 56.1 Å². The van der Waals surface area contributed by atoms with Crippen molar-refractivity contribution in [3.05, 3.63) is 62.5 Å². The van der Waals surface area contributed by atoms with Gasteiger partial charge in [-0.15, -0.1) is 11.3 Å². The molecule has 0 aliphatic heterocycles. The first-order valence-electron chi connectivity index (χ1n) is 9.19. The van der Waals surface area contributed by atoms with Gasteiger partial charge in [-0.25, -0.2) is 4.98 Å². The Labute approximate surface area is 152 Å². The third-order valence-electron chi connectivity index (χ3n) is 5.30. The van der Waals surface area contributed by atoms with Crippen LogP contribution in [0.25, 0.3) is 10.2 Å². The maximum atomic E-state index is 13.1. The monoisotopic (exact) mass is 352 g/mol. The van der Waals surface area contributed by atoms with Crippen LogP contribution in [0.2, 0.25) is 0 Å². The van der Waals surface area contributed by atoms with Crippen molar-refractivity contribution in [3.63, 3.8) is 0 Å². The van der Waals surface area contributed by atoms with Crippen LogP contribution >= 0.6 is 11.3 Å². The van der Waals surface area contributed by atoms with Gasteiger partial charge >= 0.3 is 0 Å². The fourth-order valence-corrected chi connectivity index (χ4v) is 5.29. The van der Waals surface area contributed by atoms with Gasteiger partial charge in [0.1, 0.15) is 10.7 Å². The fourth-order valence-electron chi connectivity index (χ4n) is 3.87. The quantitative estimate of drug-likeness (QED) is 0.692. The van der Waals surface area contributed by atoms with Gasteiger partial charge in [-0.3, -0.25) is 9.36 Å². The molecule has 0 amide bonds. The standard InChI is InChI=1S/C21H24N2OS/c1-14-10-11-17-18(13-14)25-20-19(17)21(24)23(15(2)22-20)12-6-9-16-7-4-3-5-8-16/h3-5,7-8,14H,6,9-13H2,1-2H3. The van der Waals surface area contributed by atoms with Crippen molar-refractivity contribution < 1.29 is 0 Å². The maximum absolute atomic E-state index is 13.1. The summed E-state index contributed by atoms with van der Waals surface area (Å²) in [6, 6.07) is 10.5. The molecule has 2 aromatic heterocycles. The van der Waals surface area contributed by atoms with Gasteiger partial charge in [-0.2, -0.15) is 0 Å². The van der Waals surface area contributed by atoms with E-state index < -0.39 is 0 Å². The predicted molar refractivity (Wildman–Crippen MR) is 105 cm³/mol. The molecule has 0 saturated carbocycles. The summed E-state index contributed by atoms with van der Waals surface area (Å²) in [7, 11) is 0. The molecule has 0 radical (unpaired) electrons. The highest BCUT2D eigenvalue weighted by atomic mass is 32.1. The molecule has 1 aromatic carbocycles. The van der Waals surface area contributed by atoms with Crippen LogP contribution in [0.3, 0.4) is 0 Å². The summed E-state index contributed by atoms with van der Waals surface area (Å²) < 4.78 is 1.89. The van der Waals surface area contributed by atoms with Crippen LogP contribution in [0.5, 0.6) is 0 Å². The number of benzene rings is 1. The number of aryl methyl sites for hydroxylation is 3. The average molecular weight is 353 g/mol. The Bertz CT molecular complexity index is 955. The third kappa shape index (κ3) is 3.15. The van der Waals surface area contributed by atoms with Crippen LogP contribution in [-0.2, 0) is 25.8 Å². The molecule has 1 aliphatic rings. The number of hydrogen-bond acceptors (Lipinski definition) is 3. The summed E-state index contributed by atoms with van der Waals surface area (Å²) in [4.78, 5) is 20.2. The lowest BCUT2D eigenvalue weighted by molar-refractivity contribution is 0.509. The van der Waals surface area contributed by atoms with Crippen LogP contribution in [0, 0.1) is 12.8 Å². The molecule has 0 saturated heterocycles. The zero-order valence-electron chi connectivity index (χ0n) is 14.9. The van der Waals surface area contributed by atoms with Crippen molar-refractivity contribution in [2.75, 3.05) is 0 Å². The van der Waals surface area contributed by atoms with E-state index in [1.54, 1.807) is 11.3 Å². The first-order valence-corrected chi connectivity index (χ1v) is 10.0. The number of aromatic nitrogens is 2.